The lowest BCUT2D eigenvalue weighted by Gasteiger charge is -2.38. The molecule has 2 aliphatic heterocycles. The first-order valence-corrected chi connectivity index (χ1v) is 9.11. The molecule has 1 N–H and O–H groups in total. The minimum atomic E-state index is -0.321. The standard InChI is InChI=1S/C17H21Cl2N3O3/c1-11-15(20-5-10-25-11)17(24)22-8-6-21(7-9-22)16(23)12-3-2-4-13(18)14(12)19/h2-4,11,15,20H,5-10H2,1H3/t11-,15+/m1/s1. The largest absolute Gasteiger partial charge is 0.375 e. The van der Waals surface area contributed by atoms with Crippen LogP contribution >= 0.6 is 23.2 Å². The maximum absolute atomic E-state index is 12.7. The fourth-order valence-corrected chi connectivity index (χ4v) is 3.56. The van der Waals surface area contributed by atoms with Crippen molar-refractivity contribution in [3.05, 3.63) is 33.8 Å². The fraction of sp³-hybridized carbons (Fsp3) is 0.529. The third kappa shape index (κ3) is 3.92. The maximum atomic E-state index is 12.7. The van der Waals surface area contributed by atoms with E-state index in [1.165, 1.54) is 0 Å². The Balaban J connectivity index is 1.60. The summed E-state index contributed by atoms with van der Waals surface area (Å²) in [5, 5.41) is 3.84. The number of rotatable bonds is 2. The first kappa shape index (κ1) is 18.5. The highest BCUT2D eigenvalue weighted by Gasteiger charge is 2.34. The van der Waals surface area contributed by atoms with Gasteiger partial charge in [0, 0.05) is 32.7 Å². The summed E-state index contributed by atoms with van der Waals surface area (Å²) in [7, 11) is 0. The Bertz CT molecular complexity index is 663. The minimum absolute atomic E-state index is 0.0279. The number of benzene rings is 1. The summed E-state index contributed by atoms with van der Waals surface area (Å²) >= 11 is 12.1. The summed E-state index contributed by atoms with van der Waals surface area (Å²) < 4.78 is 5.54. The van der Waals surface area contributed by atoms with Gasteiger partial charge in [-0.3, -0.25) is 9.59 Å². The molecule has 0 unspecified atom stereocenters. The number of piperazine rings is 1. The molecule has 0 aromatic heterocycles. The lowest BCUT2D eigenvalue weighted by molar-refractivity contribution is -0.140. The van der Waals surface area contributed by atoms with E-state index >= 15 is 0 Å². The van der Waals surface area contributed by atoms with Gasteiger partial charge in [0.1, 0.15) is 6.04 Å². The van der Waals surface area contributed by atoms with Gasteiger partial charge >= 0.3 is 0 Å². The third-order valence-electron chi connectivity index (χ3n) is 4.64. The van der Waals surface area contributed by atoms with Crippen LogP contribution in [0, 0.1) is 0 Å². The van der Waals surface area contributed by atoms with E-state index in [2.05, 4.69) is 5.32 Å². The van der Waals surface area contributed by atoms with Gasteiger partial charge in [0.2, 0.25) is 5.91 Å². The van der Waals surface area contributed by atoms with Crippen molar-refractivity contribution < 1.29 is 14.3 Å². The molecule has 2 amide bonds. The molecule has 1 aromatic carbocycles. The van der Waals surface area contributed by atoms with Gasteiger partial charge in [0.15, 0.2) is 0 Å². The Kier molecular flexibility index (Phi) is 5.84. The van der Waals surface area contributed by atoms with Crippen LogP contribution < -0.4 is 5.32 Å². The van der Waals surface area contributed by atoms with Gasteiger partial charge in [0.05, 0.1) is 28.3 Å². The summed E-state index contributed by atoms with van der Waals surface area (Å²) in [6.45, 7) is 5.11. The molecule has 2 heterocycles. The predicted octanol–water partition coefficient (Wildman–Crippen LogP) is 1.65. The molecule has 2 atom stereocenters. The van der Waals surface area contributed by atoms with Crippen molar-refractivity contribution in [2.45, 2.75) is 19.1 Å². The Morgan fingerprint density at radius 1 is 1.16 bits per heavy atom. The second kappa shape index (κ2) is 7.91. The van der Waals surface area contributed by atoms with Crippen LogP contribution in [0.25, 0.3) is 0 Å². The highest BCUT2D eigenvalue weighted by molar-refractivity contribution is 6.43. The quantitative estimate of drug-likeness (QED) is 0.840. The maximum Gasteiger partial charge on any atom is 0.255 e. The molecule has 8 heteroatoms. The molecule has 0 spiro atoms. The summed E-state index contributed by atoms with van der Waals surface area (Å²) in [4.78, 5) is 28.8. The number of morpholine rings is 1. The Hall–Kier alpha value is -1.34. The molecule has 0 aliphatic carbocycles. The highest BCUT2D eigenvalue weighted by Crippen LogP contribution is 2.26. The molecule has 3 rings (SSSR count). The van der Waals surface area contributed by atoms with E-state index in [9.17, 15) is 9.59 Å². The van der Waals surface area contributed by atoms with Crippen molar-refractivity contribution in [2.24, 2.45) is 0 Å². The van der Waals surface area contributed by atoms with Crippen LogP contribution in [0.4, 0.5) is 0 Å². The molecule has 2 saturated heterocycles. The Morgan fingerprint density at radius 3 is 2.52 bits per heavy atom. The van der Waals surface area contributed by atoms with Crippen molar-refractivity contribution in [3.8, 4) is 0 Å². The van der Waals surface area contributed by atoms with Gasteiger partial charge in [-0.05, 0) is 19.1 Å². The van der Waals surface area contributed by atoms with Crippen LogP contribution in [-0.2, 0) is 9.53 Å². The number of hydrogen-bond acceptors (Lipinski definition) is 4. The van der Waals surface area contributed by atoms with Gasteiger partial charge in [-0.1, -0.05) is 29.3 Å². The van der Waals surface area contributed by atoms with Crippen molar-refractivity contribution in [2.75, 3.05) is 39.3 Å². The molecule has 0 bridgehead atoms. The van der Waals surface area contributed by atoms with E-state index in [1.807, 2.05) is 6.92 Å². The molecule has 0 radical (unpaired) electrons. The third-order valence-corrected chi connectivity index (χ3v) is 5.46. The number of halogens is 2. The zero-order chi connectivity index (χ0) is 18.0. The van der Waals surface area contributed by atoms with Crippen LogP contribution in [0.3, 0.4) is 0 Å². The lowest BCUT2D eigenvalue weighted by Crippen LogP contribution is -2.60. The van der Waals surface area contributed by atoms with Gasteiger partial charge in [-0.2, -0.15) is 0 Å². The van der Waals surface area contributed by atoms with E-state index < -0.39 is 0 Å². The van der Waals surface area contributed by atoms with Gasteiger partial charge in [-0.15, -0.1) is 0 Å². The number of carbonyl (C=O) groups is 2. The zero-order valence-corrected chi connectivity index (χ0v) is 15.5. The van der Waals surface area contributed by atoms with Crippen molar-refractivity contribution in [3.63, 3.8) is 0 Å². The predicted molar refractivity (Wildman–Crippen MR) is 96.2 cm³/mol. The zero-order valence-electron chi connectivity index (χ0n) is 14.0. The summed E-state index contributed by atoms with van der Waals surface area (Å²) in [6.07, 6.45) is -0.147. The van der Waals surface area contributed by atoms with Gasteiger partial charge < -0.3 is 19.9 Å². The molecule has 2 fully saturated rings. The van der Waals surface area contributed by atoms with E-state index in [4.69, 9.17) is 27.9 Å². The lowest BCUT2D eigenvalue weighted by atomic mass is 10.1. The molecule has 0 saturated carbocycles. The normalized spacial score (nSPS) is 24.3. The van der Waals surface area contributed by atoms with Gasteiger partial charge in [0.25, 0.3) is 5.91 Å². The van der Waals surface area contributed by atoms with Crippen LogP contribution in [0.1, 0.15) is 17.3 Å². The van der Waals surface area contributed by atoms with Gasteiger partial charge in [-0.25, -0.2) is 0 Å². The highest BCUT2D eigenvalue weighted by atomic mass is 35.5. The number of nitrogens with one attached hydrogen (secondary N) is 1. The number of nitrogens with zero attached hydrogens (tertiary/aromatic N) is 2. The number of ether oxygens (including phenoxy) is 1. The van der Waals surface area contributed by atoms with Crippen molar-refractivity contribution in [1.29, 1.82) is 0 Å². The Labute approximate surface area is 157 Å². The van der Waals surface area contributed by atoms with Crippen LogP contribution in [0.2, 0.25) is 10.0 Å². The van der Waals surface area contributed by atoms with Crippen LogP contribution in [-0.4, -0.2) is 73.1 Å². The second-order valence-electron chi connectivity index (χ2n) is 6.23. The average molecular weight is 386 g/mol. The Morgan fingerprint density at radius 2 is 1.84 bits per heavy atom. The molecule has 25 heavy (non-hydrogen) atoms. The number of amides is 2. The van der Waals surface area contributed by atoms with E-state index in [0.29, 0.717) is 49.9 Å². The number of carbonyl (C=O) groups excluding carboxylic acids is 2. The molecular weight excluding hydrogens is 365 g/mol. The molecule has 2 aliphatic rings. The minimum Gasteiger partial charge on any atom is -0.375 e. The average Bonchev–Trinajstić information content (AvgIpc) is 2.63. The smallest absolute Gasteiger partial charge is 0.255 e. The molecule has 1 aromatic rings. The first-order chi connectivity index (χ1) is 12.0. The topological polar surface area (TPSA) is 61.9 Å². The summed E-state index contributed by atoms with van der Waals surface area (Å²) in [5.74, 6) is -0.132. The van der Waals surface area contributed by atoms with Crippen LogP contribution in [0.5, 0.6) is 0 Å². The second-order valence-corrected chi connectivity index (χ2v) is 7.01. The number of hydrogen-bond donors (Lipinski definition) is 1. The summed E-state index contributed by atoms with van der Waals surface area (Å²) in [5.41, 5.74) is 0.393. The molecular formula is C17H21Cl2N3O3. The van der Waals surface area contributed by atoms with E-state index in [0.717, 1.165) is 0 Å². The van der Waals surface area contributed by atoms with E-state index in [1.54, 1.807) is 28.0 Å². The molecule has 6 nitrogen and oxygen atoms in total. The van der Waals surface area contributed by atoms with E-state index in [-0.39, 0.29) is 29.0 Å². The van der Waals surface area contributed by atoms with Crippen molar-refractivity contribution in [1.82, 2.24) is 15.1 Å². The van der Waals surface area contributed by atoms with Crippen molar-refractivity contribution >= 4 is 35.0 Å². The SMILES string of the molecule is C[C@H]1OCCN[C@@H]1C(=O)N1CCN(C(=O)c2cccc(Cl)c2Cl)CC1. The first-order valence-electron chi connectivity index (χ1n) is 8.36. The molecule has 136 valence electrons. The fourth-order valence-electron chi connectivity index (χ4n) is 3.18. The van der Waals surface area contributed by atoms with Crippen LogP contribution in [0.15, 0.2) is 18.2 Å². The summed E-state index contributed by atoms with van der Waals surface area (Å²) in [6, 6.07) is 4.70. The monoisotopic (exact) mass is 385 g/mol.